The van der Waals surface area contributed by atoms with Gasteiger partial charge in [-0.25, -0.2) is 0 Å². The Balaban J connectivity index is 1.49. The zero-order chi connectivity index (χ0) is 16.9. The van der Waals surface area contributed by atoms with Crippen molar-refractivity contribution in [2.45, 2.75) is 58.8 Å². The van der Waals surface area contributed by atoms with Crippen LogP contribution in [0.3, 0.4) is 0 Å². The van der Waals surface area contributed by atoms with Crippen LogP contribution in [0, 0.1) is 0 Å². The van der Waals surface area contributed by atoms with Crippen LogP contribution >= 0.6 is 11.3 Å². The minimum Gasteiger partial charge on any atom is -0.298 e. The van der Waals surface area contributed by atoms with Crippen molar-refractivity contribution in [3.8, 4) is 0 Å². The third-order valence-corrected chi connectivity index (χ3v) is 5.66. The summed E-state index contributed by atoms with van der Waals surface area (Å²) in [5, 5.41) is 4.43. The van der Waals surface area contributed by atoms with Crippen molar-refractivity contribution in [3.05, 3.63) is 39.8 Å². The summed E-state index contributed by atoms with van der Waals surface area (Å²) in [7, 11) is 2.19. The molecule has 0 bridgehead atoms. The molecule has 0 unspecified atom stereocenters. The van der Waals surface area contributed by atoms with Gasteiger partial charge in [0.25, 0.3) is 0 Å². The van der Waals surface area contributed by atoms with E-state index in [-0.39, 0.29) is 0 Å². The lowest BCUT2D eigenvalue weighted by atomic mass is 10.1. The first-order valence-electron chi connectivity index (χ1n) is 9.11. The van der Waals surface area contributed by atoms with Crippen LogP contribution in [-0.4, -0.2) is 39.7 Å². The van der Waals surface area contributed by atoms with Gasteiger partial charge in [-0.05, 0) is 59.0 Å². The van der Waals surface area contributed by atoms with Crippen molar-refractivity contribution < 1.29 is 0 Å². The molecule has 3 heterocycles. The maximum Gasteiger partial charge on any atom is 0.0534 e. The summed E-state index contributed by atoms with van der Waals surface area (Å²) >= 11 is 1.97. The SMILES string of the molecule is CC(C)n1cc(CN(C)Cc2ccc(CN3CCCCC3)s2)cn1. The molecule has 0 aliphatic carbocycles. The van der Waals surface area contributed by atoms with Crippen LogP contribution in [0.25, 0.3) is 0 Å². The molecule has 5 heteroatoms. The number of hydrogen-bond donors (Lipinski definition) is 0. The van der Waals surface area contributed by atoms with Crippen LogP contribution in [0.1, 0.15) is 54.5 Å². The molecule has 132 valence electrons. The van der Waals surface area contributed by atoms with Crippen LogP contribution in [0.15, 0.2) is 24.5 Å². The molecule has 0 aromatic carbocycles. The first-order chi connectivity index (χ1) is 11.6. The number of hydrogen-bond acceptors (Lipinski definition) is 4. The van der Waals surface area contributed by atoms with E-state index in [0.717, 1.165) is 19.6 Å². The van der Waals surface area contributed by atoms with Crippen LogP contribution in [0.5, 0.6) is 0 Å². The van der Waals surface area contributed by atoms with Gasteiger partial charge in [0.15, 0.2) is 0 Å². The van der Waals surface area contributed by atoms with Crippen LogP contribution in [0.2, 0.25) is 0 Å². The van der Waals surface area contributed by atoms with Crippen molar-refractivity contribution in [2.24, 2.45) is 0 Å². The molecule has 1 aliphatic heterocycles. The largest absolute Gasteiger partial charge is 0.298 e. The molecule has 4 nitrogen and oxygen atoms in total. The Hall–Kier alpha value is -1.17. The first kappa shape index (κ1) is 17.6. The summed E-state index contributed by atoms with van der Waals surface area (Å²) in [6.45, 7) is 9.96. The van der Waals surface area contributed by atoms with Crippen molar-refractivity contribution in [2.75, 3.05) is 20.1 Å². The highest BCUT2D eigenvalue weighted by Gasteiger charge is 2.12. The molecular formula is C19H30N4S. The number of aromatic nitrogens is 2. The Labute approximate surface area is 150 Å². The quantitative estimate of drug-likeness (QED) is 0.753. The van der Waals surface area contributed by atoms with E-state index >= 15 is 0 Å². The second kappa shape index (κ2) is 8.28. The molecule has 0 saturated carbocycles. The van der Waals surface area contributed by atoms with Gasteiger partial charge < -0.3 is 0 Å². The highest BCUT2D eigenvalue weighted by molar-refractivity contribution is 7.11. The number of rotatable bonds is 7. The molecule has 0 spiro atoms. The third kappa shape index (κ3) is 4.91. The van der Waals surface area contributed by atoms with E-state index in [0.29, 0.717) is 6.04 Å². The number of nitrogens with zero attached hydrogens (tertiary/aromatic N) is 4. The minimum absolute atomic E-state index is 0.429. The van der Waals surface area contributed by atoms with Gasteiger partial charge >= 0.3 is 0 Å². The van der Waals surface area contributed by atoms with Gasteiger partial charge in [0.1, 0.15) is 0 Å². The fourth-order valence-electron chi connectivity index (χ4n) is 3.31. The van der Waals surface area contributed by atoms with E-state index in [9.17, 15) is 0 Å². The van der Waals surface area contributed by atoms with Crippen LogP contribution in [-0.2, 0) is 19.6 Å². The molecule has 24 heavy (non-hydrogen) atoms. The van der Waals surface area contributed by atoms with Gasteiger partial charge in [0.2, 0.25) is 0 Å². The second-order valence-electron chi connectivity index (χ2n) is 7.30. The van der Waals surface area contributed by atoms with Gasteiger partial charge in [-0.1, -0.05) is 6.42 Å². The molecule has 3 rings (SSSR count). The van der Waals surface area contributed by atoms with Crippen molar-refractivity contribution in [1.29, 1.82) is 0 Å². The summed E-state index contributed by atoms with van der Waals surface area (Å²) in [4.78, 5) is 7.94. The molecule has 2 aromatic rings. The predicted molar refractivity (Wildman–Crippen MR) is 101 cm³/mol. The van der Waals surface area contributed by atoms with E-state index in [2.05, 4.69) is 54.1 Å². The molecular weight excluding hydrogens is 316 g/mol. The van der Waals surface area contributed by atoms with Crippen molar-refractivity contribution >= 4 is 11.3 Å². The van der Waals surface area contributed by atoms with Gasteiger partial charge in [-0.3, -0.25) is 14.5 Å². The Morgan fingerprint density at radius 1 is 1.12 bits per heavy atom. The molecule has 0 atom stereocenters. The molecule has 0 N–H and O–H groups in total. The lowest BCUT2D eigenvalue weighted by molar-refractivity contribution is 0.222. The van der Waals surface area contributed by atoms with Gasteiger partial charge in [-0.15, -0.1) is 11.3 Å². The van der Waals surface area contributed by atoms with Crippen LogP contribution < -0.4 is 0 Å². The van der Waals surface area contributed by atoms with E-state index in [4.69, 9.17) is 0 Å². The maximum atomic E-state index is 4.43. The molecule has 1 saturated heterocycles. The van der Waals surface area contributed by atoms with E-state index in [1.165, 1.54) is 47.7 Å². The third-order valence-electron chi connectivity index (χ3n) is 4.61. The van der Waals surface area contributed by atoms with E-state index in [1.807, 2.05) is 22.2 Å². The number of piperidine rings is 1. The highest BCUT2D eigenvalue weighted by Crippen LogP contribution is 2.22. The molecule has 2 aromatic heterocycles. The Morgan fingerprint density at radius 3 is 2.58 bits per heavy atom. The fraction of sp³-hybridized carbons (Fsp3) is 0.632. The van der Waals surface area contributed by atoms with E-state index < -0.39 is 0 Å². The van der Waals surface area contributed by atoms with Gasteiger partial charge in [0.05, 0.1) is 6.20 Å². The first-order valence-corrected chi connectivity index (χ1v) is 9.93. The standard InChI is InChI=1S/C19H30N4S/c1-16(2)23-13-17(11-20-23)12-21(3)14-18-7-8-19(24-18)15-22-9-5-4-6-10-22/h7-8,11,13,16H,4-6,9-10,12,14-15H2,1-3H3. The lowest BCUT2D eigenvalue weighted by Crippen LogP contribution is -2.28. The topological polar surface area (TPSA) is 24.3 Å². The molecule has 1 fully saturated rings. The summed E-state index contributed by atoms with van der Waals surface area (Å²) in [5.41, 5.74) is 1.29. The number of thiophene rings is 1. The molecule has 1 aliphatic rings. The summed E-state index contributed by atoms with van der Waals surface area (Å²) in [6.07, 6.45) is 8.30. The Kier molecular flexibility index (Phi) is 6.09. The zero-order valence-corrected chi connectivity index (χ0v) is 16.1. The van der Waals surface area contributed by atoms with Crippen molar-refractivity contribution in [3.63, 3.8) is 0 Å². The smallest absolute Gasteiger partial charge is 0.0534 e. The predicted octanol–water partition coefficient (Wildman–Crippen LogP) is 4.14. The summed E-state index contributed by atoms with van der Waals surface area (Å²) in [5.74, 6) is 0. The second-order valence-corrected chi connectivity index (χ2v) is 8.55. The average molecular weight is 347 g/mol. The fourth-order valence-corrected chi connectivity index (χ4v) is 4.45. The normalized spacial score (nSPS) is 16.4. The summed E-state index contributed by atoms with van der Waals surface area (Å²) in [6, 6.07) is 5.05. The van der Waals surface area contributed by atoms with E-state index in [1.54, 1.807) is 0 Å². The maximum absolute atomic E-state index is 4.43. The van der Waals surface area contributed by atoms with Crippen molar-refractivity contribution in [1.82, 2.24) is 19.6 Å². The zero-order valence-electron chi connectivity index (χ0n) is 15.2. The highest BCUT2D eigenvalue weighted by atomic mass is 32.1. The monoisotopic (exact) mass is 346 g/mol. The lowest BCUT2D eigenvalue weighted by Gasteiger charge is -2.25. The average Bonchev–Trinajstić information content (AvgIpc) is 3.18. The molecule has 0 radical (unpaired) electrons. The Morgan fingerprint density at radius 2 is 1.88 bits per heavy atom. The van der Waals surface area contributed by atoms with Crippen LogP contribution in [0.4, 0.5) is 0 Å². The Bertz CT molecular complexity index is 625. The van der Waals surface area contributed by atoms with Gasteiger partial charge in [-0.2, -0.15) is 5.10 Å². The van der Waals surface area contributed by atoms with Gasteiger partial charge in [0, 0.05) is 47.2 Å². The summed E-state index contributed by atoms with van der Waals surface area (Å²) < 4.78 is 2.03. The minimum atomic E-state index is 0.429. The molecule has 0 amide bonds. The number of likely N-dealkylation sites (tertiary alicyclic amines) is 1.